The third-order valence-electron chi connectivity index (χ3n) is 12.5. The van der Waals surface area contributed by atoms with Gasteiger partial charge in [0.2, 0.25) is 0 Å². The van der Waals surface area contributed by atoms with Crippen molar-refractivity contribution >= 4 is 87.9 Å². The van der Waals surface area contributed by atoms with Crippen molar-refractivity contribution in [3.63, 3.8) is 0 Å². The molecule has 290 valence electrons. The van der Waals surface area contributed by atoms with Crippen LogP contribution in [0.5, 0.6) is 0 Å². The van der Waals surface area contributed by atoms with Crippen LogP contribution >= 0.6 is 0 Å². The molecule has 2 aromatic heterocycles. The average molecular weight is 794 g/mol. The maximum Gasteiger partial charge on any atom is 0.170 e. The highest BCUT2D eigenvalue weighted by atomic mass is 16.3. The van der Waals surface area contributed by atoms with Crippen molar-refractivity contribution in [1.29, 1.82) is 0 Å². The van der Waals surface area contributed by atoms with Crippen molar-refractivity contribution in [1.82, 2.24) is 5.32 Å². The molecule has 0 fully saturated rings. The summed E-state index contributed by atoms with van der Waals surface area (Å²) in [5.41, 5.74) is 10.8. The molecule has 5 heteroatoms. The normalized spacial score (nSPS) is 14.3. The van der Waals surface area contributed by atoms with Crippen molar-refractivity contribution in [3.8, 4) is 22.3 Å². The molecule has 10 aromatic carbocycles. The van der Waals surface area contributed by atoms with Gasteiger partial charge in [-0.2, -0.15) is 0 Å². The van der Waals surface area contributed by atoms with Crippen LogP contribution in [-0.4, -0.2) is 11.7 Å². The number of aliphatic imine (C=N–C) groups is 2. The van der Waals surface area contributed by atoms with E-state index in [2.05, 4.69) is 181 Å². The Morgan fingerprint density at radius 2 is 0.919 bits per heavy atom. The standard InChI is InChI=1S/C57H35N3O2/c1-3-14-36-32-38(28-26-34(36)12-1)40-19-9-21-47-52-44(20-10-25-51(52)62-54(40)47)43-30-31-45(42-17-6-5-16-41(42)43)56-58-55(39-29-27-35-13-2-4-15-37(35)33-39)59-57(60-56)48-22-11-24-50-53(48)46-18-7-8-23-49(46)61-50/h1-33,56H,(H,58,59,60). The third kappa shape index (κ3) is 5.42. The number of benzene rings is 10. The van der Waals surface area contributed by atoms with Crippen LogP contribution in [0.15, 0.2) is 219 Å². The maximum atomic E-state index is 6.78. The lowest BCUT2D eigenvalue weighted by Crippen LogP contribution is -2.36. The second kappa shape index (κ2) is 13.6. The van der Waals surface area contributed by atoms with Gasteiger partial charge in [-0.15, -0.1) is 0 Å². The molecule has 1 aliphatic heterocycles. The summed E-state index contributed by atoms with van der Waals surface area (Å²) in [6.45, 7) is 0. The molecule has 0 saturated carbocycles. The van der Waals surface area contributed by atoms with Crippen LogP contribution in [0.25, 0.3) is 98.4 Å². The van der Waals surface area contributed by atoms with Gasteiger partial charge in [-0.05, 0) is 79.3 Å². The molecule has 0 radical (unpaired) electrons. The number of fused-ring (bicyclic) bond motifs is 9. The first kappa shape index (κ1) is 34.6. The maximum absolute atomic E-state index is 6.78. The van der Waals surface area contributed by atoms with E-state index < -0.39 is 6.17 Å². The predicted molar refractivity (Wildman–Crippen MR) is 256 cm³/mol. The molecule has 13 rings (SSSR count). The van der Waals surface area contributed by atoms with Gasteiger partial charge >= 0.3 is 0 Å². The summed E-state index contributed by atoms with van der Waals surface area (Å²) in [4.78, 5) is 10.9. The van der Waals surface area contributed by atoms with E-state index in [1.54, 1.807) is 0 Å². The molecule has 12 aromatic rings. The summed E-state index contributed by atoms with van der Waals surface area (Å²) in [7, 11) is 0. The minimum atomic E-state index is -0.532. The summed E-state index contributed by atoms with van der Waals surface area (Å²) in [5.74, 6) is 1.51. The first-order chi connectivity index (χ1) is 30.7. The topological polar surface area (TPSA) is 63.0 Å². The van der Waals surface area contributed by atoms with Crippen LogP contribution in [0.3, 0.4) is 0 Å². The highest BCUT2D eigenvalue weighted by Gasteiger charge is 2.26. The molecule has 0 bridgehead atoms. The number of para-hydroxylation sites is 2. The van der Waals surface area contributed by atoms with Crippen LogP contribution in [0.1, 0.15) is 22.9 Å². The summed E-state index contributed by atoms with van der Waals surface area (Å²) in [5, 5.41) is 14.9. The fourth-order valence-electron chi connectivity index (χ4n) is 9.62. The number of furan rings is 2. The zero-order valence-corrected chi connectivity index (χ0v) is 33.3. The lowest BCUT2D eigenvalue weighted by molar-refractivity contribution is 0.669. The largest absolute Gasteiger partial charge is 0.456 e. The molecule has 0 amide bonds. The van der Waals surface area contributed by atoms with E-state index in [0.29, 0.717) is 0 Å². The molecule has 0 spiro atoms. The molecule has 0 saturated heterocycles. The Kier molecular flexibility index (Phi) is 7.60. The molecule has 1 N–H and O–H groups in total. The molecular weight excluding hydrogens is 759 g/mol. The Labute approximate surface area is 355 Å². The van der Waals surface area contributed by atoms with E-state index in [1.165, 1.54) is 16.2 Å². The molecule has 1 aliphatic rings. The van der Waals surface area contributed by atoms with E-state index in [1.807, 2.05) is 24.3 Å². The summed E-state index contributed by atoms with van der Waals surface area (Å²) < 4.78 is 13.1. The minimum absolute atomic E-state index is 0.532. The van der Waals surface area contributed by atoms with Gasteiger partial charge < -0.3 is 14.2 Å². The summed E-state index contributed by atoms with van der Waals surface area (Å²) >= 11 is 0. The highest BCUT2D eigenvalue weighted by molar-refractivity contribution is 6.24. The molecule has 1 unspecified atom stereocenters. The van der Waals surface area contributed by atoms with Gasteiger partial charge in [0.05, 0.1) is 0 Å². The molecule has 5 nitrogen and oxygen atoms in total. The fraction of sp³-hybridized carbons (Fsp3) is 0.0175. The van der Waals surface area contributed by atoms with Crippen LogP contribution < -0.4 is 5.32 Å². The number of rotatable bonds is 5. The number of amidine groups is 2. The second-order valence-electron chi connectivity index (χ2n) is 16.1. The Morgan fingerprint density at radius 3 is 1.73 bits per heavy atom. The summed E-state index contributed by atoms with van der Waals surface area (Å²) in [6, 6.07) is 70.4. The van der Waals surface area contributed by atoms with E-state index in [0.717, 1.165) is 111 Å². The van der Waals surface area contributed by atoms with Gasteiger partial charge in [0.25, 0.3) is 0 Å². The SMILES string of the molecule is c1ccc2cc(C3=NC(c4ccc(-c5cccc6oc7c(-c8ccc9ccccc9c8)cccc7c56)c5ccccc45)N=C(c4cccc5oc6ccccc6c45)N3)ccc2c1. The van der Waals surface area contributed by atoms with Crippen LogP contribution in [0.2, 0.25) is 0 Å². The van der Waals surface area contributed by atoms with Crippen molar-refractivity contribution in [2.75, 3.05) is 0 Å². The second-order valence-corrected chi connectivity index (χ2v) is 16.1. The van der Waals surface area contributed by atoms with Crippen molar-refractivity contribution < 1.29 is 8.83 Å². The Morgan fingerprint density at radius 1 is 0.355 bits per heavy atom. The van der Waals surface area contributed by atoms with Crippen molar-refractivity contribution in [3.05, 3.63) is 217 Å². The van der Waals surface area contributed by atoms with Gasteiger partial charge in [-0.3, -0.25) is 0 Å². The van der Waals surface area contributed by atoms with Crippen molar-refractivity contribution in [2.24, 2.45) is 9.98 Å². The Bertz CT molecular complexity index is 3870. The molecule has 62 heavy (non-hydrogen) atoms. The zero-order chi connectivity index (χ0) is 40.7. The van der Waals surface area contributed by atoms with Gasteiger partial charge in [0.15, 0.2) is 6.17 Å². The number of nitrogens with zero attached hydrogens (tertiary/aromatic N) is 2. The fourth-order valence-corrected chi connectivity index (χ4v) is 9.62. The minimum Gasteiger partial charge on any atom is -0.456 e. The van der Waals surface area contributed by atoms with E-state index in [4.69, 9.17) is 18.8 Å². The smallest absolute Gasteiger partial charge is 0.170 e. The average Bonchev–Trinajstić information content (AvgIpc) is 3.92. The first-order valence-corrected chi connectivity index (χ1v) is 21.0. The molecule has 1 atom stereocenters. The van der Waals surface area contributed by atoms with Gasteiger partial charge in [0.1, 0.15) is 34.0 Å². The van der Waals surface area contributed by atoms with Crippen LogP contribution in [-0.2, 0) is 0 Å². The predicted octanol–water partition coefficient (Wildman–Crippen LogP) is 14.8. The Hall–Kier alpha value is -8.28. The lowest BCUT2D eigenvalue weighted by Gasteiger charge is -2.24. The van der Waals surface area contributed by atoms with Gasteiger partial charge in [-0.1, -0.05) is 170 Å². The quantitative estimate of drug-likeness (QED) is 0.189. The van der Waals surface area contributed by atoms with E-state index in [9.17, 15) is 0 Å². The monoisotopic (exact) mass is 793 g/mol. The molecule has 0 aliphatic carbocycles. The Balaban J connectivity index is 0.991. The number of hydrogen-bond donors (Lipinski definition) is 1. The lowest BCUT2D eigenvalue weighted by atomic mass is 9.91. The number of hydrogen-bond acceptors (Lipinski definition) is 5. The van der Waals surface area contributed by atoms with Gasteiger partial charge in [-0.25, -0.2) is 9.98 Å². The summed E-state index contributed by atoms with van der Waals surface area (Å²) in [6.07, 6.45) is -0.532. The van der Waals surface area contributed by atoms with Crippen LogP contribution in [0, 0.1) is 0 Å². The molecule has 3 heterocycles. The van der Waals surface area contributed by atoms with Crippen molar-refractivity contribution in [2.45, 2.75) is 6.17 Å². The first-order valence-electron chi connectivity index (χ1n) is 21.0. The highest BCUT2D eigenvalue weighted by Crippen LogP contribution is 2.44. The molecular formula is C57H35N3O2. The van der Waals surface area contributed by atoms with Crippen LogP contribution in [0.4, 0.5) is 0 Å². The third-order valence-corrected chi connectivity index (χ3v) is 12.5. The van der Waals surface area contributed by atoms with Gasteiger partial charge in [0, 0.05) is 43.8 Å². The number of nitrogens with one attached hydrogen (secondary N) is 1. The van der Waals surface area contributed by atoms with E-state index in [-0.39, 0.29) is 0 Å². The zero-order valence-electron chi connectivity index (χ0n) is 33.3. The van der Waals surface area contributed by atoms with E-state index >= 15 is 0 Å².